The molecule has 4 aliphatic carbocycles. The number of rotatable bonds is 7. The molecule has 1 aromatic heterocycles. The number of hydrogen-bond donors (Lipinski definition) is 0. The Kier molecular flexibility index (Phi) is 6.85. The summed E-state index contributed by atoms with van der Waals surface area (Å²) in [6.07, 6.45) is 21.3. The first kappa shape index (κ1) is 24.3. The normalized spacial score (nSPS) is 40.2. The van der Waals surface area contributed by atoms with Crippen molar-refractivity contribution in [2.75, 3.05) is 0 Å². The van der Waals surface area contributed by atoms with Crippen molar-refractivity contribution in [3.63, 3.8) is 0 Å². The van der Waals surface area contributed by atoms with Crippen molar-refractivity contribution in [3.05, 3.63) is 30.1 Å². The number of allylic oxidation sites excluding steroid dienone is 1. The van der Waals surface area contributed by atoms with E-state index in [0.29, 0.717) is 16.8 Å². The Labute approximate surface area is 208 Å². The average molecular weight is 465 g/mol. The van der Waals surface area contributed by atoms with Crippen LogP contribution in [0.5, 0.6) is 6.01 Å². The molecule has 0 saturated heterocycles. The number of nitrogens with zero attached hydrogens (tertiary/aromatic N) is 2. The molecule has 3 saturated carbocycles. The molecule has 188 valence electrons. The highest BCUT2D eigenvalue weighted by Gasteiger charge is 2.59. The minimum absolute atomic E-state index is 0.231. The number of fused-ring (bicyclic) bond motifs is 5. The average Bonchev–Trinajstić information content (AvgIpc) is 3.17. The van der Waals surface area contributed by atoms with Gasteiger partial charge in [0.25, 0.3) is 0 Å². The fourth-order valence-corrected chi connectivity index (χ4v) is 9.25. The smallest absolute Gasteiger partial charge is 0.316 e. The van der Waals surface area contributed by atoms with Crippen molar-refractivity contribution < 1.29 is 4.74 Å². The molecule has 0 aromatic carbocycles. The Morgan fingerprint density at radius 3 is 2.53 bits per heavy atom. The molecule has 5 rings (SSSR count). The van der Waals surface area contributed by atoms with Crippen molar-refractivity contribution in [1.29, 1.82) is 0 Å². The molecule has 4 aliphatic rings. The third kappa shape index (κ3) is 4.35. The predicted molar refractivity (Wildman–Crippen MR) is 139 cm³/mol. The van der Waals surface area contributed by atoms with Crippen LogP contribution < -0.4 is 4.74 Å². The van der Waals surface area contributed by atoms with Gasteiger partial charge in [-0.3, -0.25) is 0 Å². The lowest BCUT2D eigenvalue weighted by atomic mass is 9.47. The summed E-state index contributed by atoms with van der Waals surface area (Å²) < 4.78 is 6.19. The van der Waals surface area contributed by atoms with Crippen molar-refractivity contribution in [2.24, 2.45) is 46.3 Å². The molecule has 0 spiro atoms. The van der Waals surface area contributed by atoms with Crippen LogP contribution in [0.3, 0.4) is 0 Å². The highest BCUT2D eigenvalue weighted by molar-refractivity contribution is 5.26. The highest BCUT2D eigenvalue weighted by Crippen LogP contribution is 2.67. The van der Waals surface area contributed by atoms with Gasteiger partial charge < -0.3 is 4.74 Å². The van der Waals surface area contributed by atoms with Gasteiger partial charge in [-0.15, -0.1) is 0 Å². The lowest BCUT2D eigenvalue weighted by Crippen LogP contribution is -2.51. The quantitative estimate of drug-likeness (QED) is 0.381. The molecule has 1 aromatic rings. The molecular formula is C31H48N2O. The zero-order valence-electron chi connectivity index (χ0n) is 22.4. The summed E-state index contributed by atoms with van der Waals surface area (Å²) in [4.78, 5) is 8.60. The maximum atomic E-state index is 6.19. The Morgan fingerprint density at radius 1 is 0.971 bits per heavy atom. The second-order valence-corrected chi connectivity index (χ2v) is 13.3. The molecule has 0 aliphatic heterocycles. The van der Waals surface area contributed by atoms with Crippen LogP contribution in [0.25, 0.3) is 0 Å². The fourth-order valence-electron chi connectivity index (χ4n) is 9.25. The Balaban J connectivity index is 1.27. The first-order valence-corrected chi connectivity index (χ1v) is 14.4. The van der Waals surface area contributed by atoms with E-state index in [9.17, 15) is 0 Å². The lowest BCUT2D eigenvalue weighted by Gasteiger charge is -2.58. The largest absolute Gasteiger partial charge is 0.460 e. The molecule has 0 N–H and O–H groups in total. The van der Waals surface area contributed by atoms with Crippen LogP contribution in [-0.4, -0.2) is 16.1 Å². The van der Waals surface area contributed by atoms with Gasteiger partial charge in [0.2, 0.25) is 0 Å². The summed E-state index contributed by atoms with van der Waals surface area (Å²) in [6.45, 7) is 12.6. The van der Waals surface area contributed by atoms with Crippen molar-refractivity contribution in [1.82, 2.24) is 9.97 Å². The Bertz CT molecular complexity index is 865. The molecular weight excluding hydrogens is 416 g/mol. The maximum Gasteiger partial charge on any atom is 0.316 e. The van der Waals surface area contributed by atoms with Crippen LogP contribution in [0.4, 0.5) is 0 Å². The summed E-state index contributed by atoms with van der Waals surface area (Å²) in [5, 5.41) is 0. The van der Waals surface area contributed by atoms with Gasteiger partial charge >= 0.3 is 6.01 Å². The summed E-state index contributed by atoms with van der Waals surface area (Å²) in [5.41, 5.74) is 2.63. The topological polar surface area (TPSA) is 35.0 Å². The molecule has 4 unspecified atom stereocenters. The van der Waals surface area contributed by atoms with Crippen LogP contribution in [0, 0.1) is 46.3 Å². The van der Waals surface area contributed by atoms with Gasteiger partial charge in [0.05, 0.1) is 0 Å². The van der Waals surface area contributed by atoms with Gasteiger partial charge in [-0.05, 0) is 97.3 Å². The van der Waals surface area contributed by atoms with Crippen LogP contribution in [0.2, 0.25) is 0 Å². The van der Waals surface area contributed by atoms with Gasteiger partial charge in [0.1, 0.15) is 6.10 Å². The van der Waals surface area contributed by atoms with E-state index in [4.69, 9.17) is 4.74 Å². The van der Waals surface area contributed by atoms with Gasteiger partial charge in [-0.1, -0.05) is 65.5 Å². The van der Waals surface area contributed by atoms with Crippen molar-refractivity contribution in [3.8, 4) is 6.01 Å². The van der Waals surface area contributed by atoms with Gasteiger partial charge in [-0.25, -0.2) is 9.97 Å². The van der Waals surface area contributed by atoms with E-state index in [0.717, 1.165) is 48.3 Å². The molecule has 0 radical (unpaired) electrons. The first-order chi connectivity index (χ1) is 16.3. The maximum absolute atomic E-state index is 6.19. The lowest BCUT2D eigenvalue weighted by molar-refractivity contribution is -0.0562. The predicted octanol–water partition coefficient (Wildman–Crippen LogP) is 8.27. The number of ether oxygens (including phenoxy) is 1. The van der Waals surface area contributed by atoms with E-state index < -0.39 is 0 Å². The zero-order chi connectivity index (χ0) is 23.9. The van der Waals surface area contributed by atoms with Gasteiger partial charge in [0.15, 0.2) is 0 Å². The summed E-state index contributed by atoms with van der Waals surface area (Å²) in [7, 11) is 0. The van der Waals surface area contributed by atoms with E-state index in [-0.39, 0.29) is 6.10 Å². The molecule has 1 heterocycles. The fraction of sp³-hybridized carbons (Fsp3) is 0.806. The molecule has 3 nitrogen and oxygen atoms in total. The van der Waals surface area contributed by atoms with E-state index in [1.54, 1.807) is 18.0 Å². The summed E-state index contributed by atoms with van der Waals surface area (Å²) in [5.74, 6) is 5.39. The molecule has 3 heteroatoms. The van der Waals surface area contributed by atoms with E-state index in [2.05, 4.69) is 50.7 Å². The molecule has 0 bridgehead atoms. The van der Waals surface area contributed by atoms with Crippen LogP contribution in [0.1, 0.15) is 105 Å². The summed E-state index contributed by atoms with van der Waals surface area (Å²) in [6, 6.07) is 2.39. The molecule has 34 heavy (non-hydrogen) atoms. The Morgan fingerprint density at radius 2 is 1.76 bits per heavy atom. The minimum atomic E-state index is 0.231. The van der Waals surface area contributed by atoms with Crippen molar-refractivity contribution >= 4 is 0 Å². The van der Waals surface area contributed by atoms with E-state index in [1.807, 2.05) is 6.07 Å². The summed E-state index contributed by atoms with van der Waals surface area (Å²) >= 11 is 0. The zero-order valence-corrected chi connectivity index (χ0v) is 22.4. The number of hydrogen-bond acceptors (Lipinski definition) is 3. The standard InChI is InChI=1S/C31H48N2O/c1-21(2)8-6-9-22(3)26-12-13-27-25-11-10-23-20-24(34-29-32-18-7-19-33-29)14-16-30(23,4)28(25)15-17-31(26,27)5/h7,10,18-19,21-22,24-28H,6,8-9,11-17,20H2,1-5H3/t22?,24-,25?,26+,27?,28?,30-,31+/m0/s1. The highest BCUT2D eigenvalue weighted by atomic mass is 16.5. The van der Waals surface area contributed by atoms with Crippen LogP contribution >= 0.6 is 0 Å². The van der Waals surface area contributed by atoms with Crippen LogP contribution in [0.15, 0.2) is 30.1 Å². The monoisotopic (exact) mass is 464 g/mol. The number of aromatic nitrogens is 2. The third-order valence-electron chi connectivity index (χ3n) is 11.1. The first-order valence-electron chi connectivity index (χ1n) is 14.4. The van der Waals surface area contributed by atoms with Crippen molar-refractivity contribution in [2.45, 2.75) is 111 Å². The molecule has 3 fully saturated rings. The van der Waals surface area contributed by atoms with Gasteiger partial charge in [0, 0.05) is 18.8 Å². The Hall–Kier alpha value is -1.38. The van der Waals surface area contributed by atoms with Gasteiger partial charge in [-0.2, -0.15) is 0 Å². The van der Waals surface area contributed by atoms with E-state index in [1.165, 1.54) is 57.8 Å². The SMILES string of the molecule is CC(C)CCCC(C)[C@H]1CCC2C3CC=C4C[C@@H](Oc5ncccn5)CC[C@]4(C)C3CC[C@@]21C. The second kappa shape index (κ2) is 9.58. The minimum Gasteiger partial charge on any atom is -0.460 e. The van der Waals surface area contributed by atoms with E-state index >= 15 is 0 Å². The molecule has 8 atom stereocenters. The third-order valence-corrected chi connectivity index (χ3v) is 11.1. The van der Waals surface area contributed by atoms with Crippen LogP contribution in [-0.2, 0) is 0 Å². The second-order valence-electron chi connectivity index (χ2n) is 13.3. The molecule has 0 amide bonds.